The average molecular weight is 604 g/mol. The second kappa shape index (κ2) is 15.4. The number of hydrogen-bond acceptors (Lipinski definition) is 4. The van der Waals surface area contributed by atoms with E-state index >= 15 is 0 Å². The number of benzene rings is 2. The summed E-state index contributed by atoms with van der Waals surface area (Å²) in [5.41, 5.74) is 5.35. The van der Waals surface area contributed by atoms with E-state index < -0.39 is 11.6 Å². The van der Waals surface area contributed by atoms with Crippen LogP contribution in [0.3, 0.4) is 0 Å². The number of carboxylic acid groups (broad SMARTS) is 1. The Labute approximate surface area is 261 Å². The number of aryl methyl sites for hydroxylation is 1. The summed E-state index contributed by atoms with van der Waals surface area (Å²) in [6.45, 7) is 11.7. The van der Waals surface area contributed by atoms with Gasteiger partial charge in [-0.2, -0.15) is 12.6 Å². The van der Waals surface area contributed by atoms with Crippen LogP contribution >= 0.6 is 24.2 Å². The molecule has 0 radical (unpaired) electrons. The van der Waals surface area contributed by atoms with Gasteiger partial charge in [-0.3, -0.25) is 4.79 Å². The number of halogens is 1. The lowest BCUT2D eigenvalue weighted by Crippen LogP contribution is -2.26. The number of thiol groups is 1. The van der Waals surface area contributed by atoms with Gasteiger partial charge in [0.25, 0.3) is 0 Å². The number of aliphatic hydroxyl groups is 1. The highest BCUT2D eigenvalue weighted by Gasteiger charge is 2.42. The molecule has 1 unspecified atom stereocenters. The minimum absolute atomic E-state index is 0.0783. The molecule has 1 atom stereocenters. The zero-order valence-electron chi connectivity index (χ0n) is 24.7. The van der Waals surface area contributed by atoms with Crippen LogP contribution in [-0.2, 0) is 11.2 Å². The maximum Gasteiger partial charge on any atom is 0.303 e. The van der Waals surface area contributed by atoms with Crippen LogP contribution in [-0.4, -0.2) is 32.5 Å². The van der Waals surface area contributed by atoms with Crippen molar-refractivity contribution in [1.29, 1.82) is 0 Å². The van der Waals surface area contributed by atoms with Crippen LogP contribution in [0.1, 0.15) is 69.2 Å². The average Bonchev–Trinajstić information content (AvgIpc) is 3.75. The smallest absolute Gasteiger partial charge is 0.303 e. The summed E-state index contributed by atoms with van der Waals surface area (Å²) in [6, 6.07) is 18.4. The number of allylic oxidation sites excluding steroid dienone is 2. The van der Waals surface area contributed by atoms with Crippen molar-refractivity contribution >= 4 is 53.3 Å². The largest absolute Gasteiger partial charge is 0.481 e. The number of carboxylic acids is 1. The molecule has 1 aliphatic carbocycles. The molecule has 222 valence electrons. The molecular formula is C36H42ClNO3S. The number of rotatable bonds is 13. The summed E-state index contributed by atoms with van der Waals surface area (Å²) >= 11 is 10.2. The molecule has 1 aromatic heterocycles. The van der Waals surface area contributed by atoms with Gasteiger partial charge in [0.05, 0.1) is 23.2 Å². The normalized spacial score (nSPS) is 15.7. The Bertz CT molecular complexity index is 1470. The highest BCUT2D eigenvalue weighted by Crippen LogP contribution is 2.49. The highest BCUT2D eigenvalue weighted by molar-refractivity contribution is 7.80. The maximum atomic E-state index is 10.7. The van der Waals surface area contributed by atoms with Gasteiger partial charge in [-0.1, -0.05) is 86.3 Å². The summed E-state index contributed by atoms with van der Waals surface area (Å²) in [7, 11) is 0. The number of carbonyl (C=O) groups is 1. The third kappa shape index (κ3) is 9.72. The first kappa shape index (κ1) is 33.4. The molecule has 4 rings (SSSR count). The third-order valence-electron chi connectivity index (χ3n) is 7.87. The monoisotopic (exact) mass is 603 g/mol. The van der Waals surface area contributed by atoms with Crippen LogP contribution in [0, 0.1) is 5.41 Å². The fourth-order valence-electron chi connectivity index (χ4n) is 4.84. The number of nitrogens with zero attached hydrogens (tertiary/aromatic N) is 1. The highest BCUT2D eigenvalue weighted by atomic mass is 35.5. The van der Waals surface area contributed by atoms with Gasteiger partial charge in [-0.15, -0.1) is 0 Å². The fraction of sp³-hybridized carbons (Fsp3) is 0.333. The van der Waals surface area contributed by atoms with Crippen molar-refractivity contribution in [2.24, 2.45) is 5.41 Å². The number of pyridine rings is 1. The first-order valence-electron chi connectivity index (χ1n) is 14.4. The van der Waals surface area contributed by atoms with Gasteiger partial charge < -0.3 is 10.2 Å². The Hall–Kier alpha value is -3.12. The van der Waals surface area contributed by atoms with Crippen molar-refractivity contribution in [2.45, 2.75) is 64.4 Å². The van der Waals surface area contributed by atoms with Gasteiger partial charge in [-0.25, -0.2) is 4.98 Å². The predicted molar refractivity (Wildman–Crippen MR) is 181 cm³/mol. The number of hydrogen-bond donors (Lipinski definition) is 3. The van der Waals surface area contributed by atoms with E-state index in [-0.39, 0.29) is 5.41 Å². The lowest BCUT2D eigenvalue weighted by atomic mass is 9.87. The molecule has 2 N–H and O–H groups in total. The van der Waals surface area contributed by atoms with Gasteiger partial charge in [0.15, 0.2) is 0 Å². The summed E-state index contributed by atoms with van der Waals surface area (Å²) in [5.74, 6) is 0.0285. The van der Waals surface area contributed by atoms with Crippen molar-refractivity contribution in [3.8, 4) is 0 Å². The summed E-state index contributed by atoms with van der Waals surface area (Å²) in [5, 5.41) is 20.8. The molecule has 0 amide bonds. The zero-order valence-corrected chi connectivity index (χ0v) is 26.3. The van der Waals surface area contributed by atoms with Crippen LogP contribution < -0.4 is 0 Å². The number of aliphatic carboxylic acids is 1. The molecule has 1 aliphatic rings. The van der Waals surface area contributed by atoms with Crippen molar-refractivity contribution < 1.29 is 15.0 Å². The molecule has 42 heavy (non-hydrogen) atoms. The van der Waals surface area contributed by atoms with Crippen LogP contribution in [0.2, 0.25) is 5.02 Å². The van der Waals surface area contributed by atoms with Gasteiger partial charge >= 0.3 is 5.97 Å². The van der Waals surface area contributed by atoms with Gasteiger partial charge in [0.1, 0.15) is 0 Å². The molecule has 0 saturated heterocycles. The summed E-state index contributed by atoms with van der Waals surface area (Å²) in [4.78, 5) is 14.9. The summed E-state index contributed by atoms with van der Waals surface area (Å²) < 4.78 is 0. The van der Waals surface area contributed by atoms with E-state index in [0.29, 0.717) is 17.9 Å². The standard InChI is InChI=1S/C30H32ClNO.C6H10O2S/c1-5-24(28(6-2)30(4,33)7-3)13-9-12-22-10-8-11-23(20-22)14-18-27-19-16-25-15-17-26(31)21-29(25)32-27;7-5(8)3-6(4-9)1-2-6/h5-6,8,10-11,14-21,33H,1-2,7,9,12-13H2,3-4H3;9H,1-4H2,(H,7,8)/b18-14+,28-24-;. The van der Waals surface area contributed by atoms with E-state index in [4.69, 9.17) is 16.7 Å². The van der Waals surface area contributed by atoms with Gasteiger partial charge in [-0.05, 0) is 103 Å². The first-order valence-corrected chi connectivity index (χ1v) is 15.4. The van der Waals surface area contributed by atoms with Crippen molar-refractivity contribution in [2.75, 3.05) is 5.75 Å². The lowest BCUT2D eigenvalue weighted by Gasteiger charge is -2.25. The first-order chi connectivity index (χ1) is 20.0. The van der Waals surface area contributed by atoms with E-state index in [1.807, 2.05) is 50.3 Å². The molecule has 4 nitrogen and oxygen atoms in total. The van der Waals surface area contributed by atoms with Gasteiger partial charge in [0, 0.05) is 10.4 Å². The summed E-state index contributed by atoms with van der Waals surface area (Å²) in [6.07, 6.45) is 13.5. The Morgan fingerprint density at radius 2 is 1.86 bits per heavy atom. The predicted octanol–water partition coefficient (Wildman–Crippen LogP) is 9.38. The molecule has 3 aromatic rings. The quantitative estimate of drug-likeness (QED) is 0.134. The maximum absolute atomic E-state index is 10.7. The molecule has 0 spiro atoms. The van der Waals surface area contributed by atoms with E-state index in [9.17, 15) is 9.90 Å². The molecular weight excluding hydrogens is 562 g/mol. The van der Waals surface area contributed by atoms with Crippen LogP contribution in [0.25, 0.3) is 23.1 Å². The molecule has 1 saturated carbocycles. The second-order valence-electron chi connectivity index (χ2n) is 11.2. The second-order valence-corrected chi connectivity index (χ2v) is 12.0. The molecule has 0 bridgehead atoms. The fourth-order valence-corrected chi connectivity index (χ4v) is 5.43. The zero-order chi connectivity index (χ0) is 30.8. The molecule has 0 aliphatic heterocycles. The topological polar surface area (TPSA) is 70.4 Å². The Morgan fingerprint density at radius 1 is 1.12 bits per heavy atom. The van der Waals surface area contributed by atoms with E-state index in [1.54, 1.807) is 6.08 Å². The van der Waals surface area contributed by atoms with E-state index in [2.05, 4.69) is 67.2 Å². The molecule has 1 fully saturated rings. The number of fused-ring (bicyclic) bond motifs is 1. The Morgan fingerprint density at radius 3 is 2.45 bits per heavy atom. The number of aromatic nitrogens is 1. The molecule has 1 heterocycles. The SMILES string of the molecule is C=C/C(CCCc1cccc(/C=C/c2ccc3ccc(Cl)cc3n2)c1)=C(\C=C)C(C)(O)CC.O=C(O)CC1(CS)CC1. The minimum atomic E-state index is -0.877. The van der Waals surface area contributed by atoms with Crippen molar-refractivity contribution in [3.63, 3.8) is 0 Å². The Balaban J connectivity index is 0.000000458. The molecule has 2 aromatic carbocycles. The third-order valence-corrected chi connectivity index (χ3v) is 8.77. The van der Waals surface area contributed by atoms with Crippen LogP contribution in [0.5, 0.6) is 0 Å². The van der Waals surface area contributed by atoms with Crippen LogP contribution in [0.15, 0.2) is 91.1 Å². The lowest BCUT2D eigenvalue weighted by molar-refractivity contribution is -0.138. The van der Waals surface area contributed by atoms with Crippen molar-refractivity contribution in [3.05, 3.63) is 113 Å². The molecule has 6 heteroatoms. The van der Waals surface area contributed by atoms with E-state index in [1.165, 1.54) is 5.56 Å². The van der Waals surface area contributed by atoms with Gasteiger partial charge in [0.2, 0.25) is 0 Å². The Kier molecular flexibility index (Phi) is 12.2. The van der Waals surface area contributed by atoms with Crippen molar-refractivity contribution in [1.82, 2.24) is 4.98 Å². The minimum Gasteiger partial charge on any atom is -0.481 e. The van der Waals surface area contributed by atoms with E-state index in [0.717, 1.165) is 71.2 Å². The van der Waals surface area contributed by atoms with Crippen LogP contribution in [0.4, 0.5) is 0 Å².